The molecule has 3 rings (SSSR count). The van der Waals surface area contributed by atoms with Gasteiger partial charge in [-0.05, 0) is 49.3 Å². The van der Waals surface area contributed by atoms with Crippen molar-refractivity contribution in [2.24, 2.45) is 5.73 Å². The molecular formula is C16H19N3. The zero-order valence-corrected chi connectivity index (χ0v) is 11.3. The van der Waals surface area contributed by atoms with Crippen LogP contribution in [-0.4, -0.2) is 9.97 Å². The Morgan fingerprint density at radius 3 is 2.79 bits per heavy atom. The van der Waals surface area contributed by atoms with Gasteiger partial charge in [0.15, 0.2) is 0 Å². The minimum atomic E-state index is -0.0763. The summed E-state index contributed by atoms with van der Waals surface area (Å²) in [5, 5.41) is 0. The maximum atomic E-state index is 6.22. The molecular weight excluding hydrogens is 234 g/mol. The summed E-state index contributed by atoms with van der Waals surface area (Å²) >= 11 is 0. The molecule has 0 radical (unpaired) electrons. The molecule has 0 saturated carbocycles. The van der Waals surface area contributed by atoms with Gasteiger partial charge >= 0.3 is 0 Å². The third-order valence-corrected chi connectivity index (χ3v) is 3.80. The smallest absolute Gasteiger partial charge is 0.0757 e. The summed E-state index contributed by atoms with van der Waals surface area (Å²) in [5.74, 6) is 0. The number of aromatic nitrogens is 2. The van der Waals surface area contributed by atoms with Gasteiger partial charge in [-0.3, -0.25) is 9.97 Å². The highest BCUT2D eigenvalue weighted by atomic mass is 14.8. The maximum absolute atomic E-state index is 6.22. The first-order chi connectivity index (χ1) is 9.22. The zero-order valence-electron chi connectivity index (χ0n) is 11.3. The van der Waals surface area contributed by atoms with Crippen LogP contribution in [0.4, 0.5) is 0 Å². The minimum Gasteiger partial charge on any atom is -0.322 e. The van der Waals surface area contributed by atoms with Crippen molar-refractivity contribution < 1.29 is 0 Å². The molecule has 1 atom stereocenters. The Morgan fingerprint density at radius 2 is 2.00 bits per heavy atom. The van der Waals surface area contributed by atoms with Crippen LogP contribution in [0.15, 0.2) is 30.6 Å². The second-order valence-corrected chi connectivity index (χ2v) is 5.35. The predicted molar refractivity (Wildman–Crippen MR) is 75.9 cm³/mol. The summed E-state index contributed by atoms with van der Waals surface area (Å²) in [6.45, 7) is 1.93. The number of nitrogens with zero attached hydrogens (tertiary/aromatic N) is 2. The van der Waals surface area contributed by atoms with E-state index in [2.05, 4.69) is 28.2 Å². The van der Waals surface area contributed by atoms with Crippen LogP contribution in [0.3, 0.4) is 0 Å². The van der Waals surface area contributed by atoms with Gasteiger partial charge < -0.3 is 5.73 Å². The van der Waals surface area contributed by atoms with E-state index in [-0.39, 0.29) is 6.04 Å². The molecule has 1 heterocycles. The molecule has 3 heteroatoms. The van der Waals surface area contributed by atoms with Crippen LogP contribution >= 0.6 is 0 Å². The summed E-state index contributed by atoms with van der Waals surface area (Å²) in [5.41, 5.74) is 12.3. The second-order valence-electron chi connectivity index (χ2n) is 5.35. The highest BCUT2D eigenvalue weighted by Crippen LogP contribution is 2.24. The van der Waals surface area contributed by atoms with Crippen molar-refractivity contribution in [3.8, 4) is 0 Å². The van der Waals surface area contributed by atoms with Gasteiger partial charge in [0, 0.05) is 6.20 Å². The molecule has 98 valence electrons. The largest absolute Gasteiger partial charge is 0.322 e. The van der Waals surface area contributed by atoms with Gasteiger partial charge in [0.25, 0.3) is 0 Å². The van der Waals surface area contributed by atoms with E-state index in [1.54, 1.807) is 12.4 Å². The van der Waals surface area contributed by atoms with Gasteiger partial charge in [-0.2, -0.15) is 0 Å². The van der Waals surface area contributed by atoms with Crippen LogP contribution in [0.25, 0.3) is 0 Å². The van der Waals surface area contributed by atoms with Gasteiger partial charge in [0.05, 0.1) is 23.6 Å². The fourth-order valence-electron chi connectivity index (χ4n) is 2.70. The molecule has 1 unspecified atom stereocenters. The lowest BCUT2D eigenvalue weighted by atomic mass is 10.00. The Labute approximate surface area is 113 Å². The number of benzene rings is 1. The fourth-order valence-corrected chi connectivity index (χ4v) is 2.70. The highest BCUT2D eigenvalue weighted by molar-refractivity contribution is 5.35. The van der Waals surface area contributed by atoms with Crippen molar-refractivity contribution in [1.82, 2.24) is 9.97 Å². The molecule has 19 heavy (non-hydrogen) atoms. The first-order valence-corrected chi connectivity index (χ1v) is 6.87. The van der Waals surface area contributed by atoms with Crippen molar-refractivity contribution in [2.45, 2.75) is 38.6 Å². The van der Waals surface area contributed by atoms with Crippen molar-refractivity contribution in [3.63, 3.8) is 0 Å². The number of hydrogen-bond acceptors (Lipinski definition) is 3. The quantitative estimate of drug-likeness (QED) is 0.914. The predicted octanol–water partition coefficient (Wildman–Crippen LogP) is 2.52. The van der Waals surface area contributed by atoms with E-state index >= 15 is 0 Å². The SMILES string of the molecule is Cc1cnc(C(N)Cc2ccc3c(c2)CCC3)cn1. The molecule has 0 aliphatic heterocycles. The highest BCUT2D eigenvalue weighted by Gasteiger charge is 2.13. The van der Waals surface area contributed by atoms with Crippen molar-refractivity contribution in [1.29, 1.82) is 0 Å². The van der Waals surface area contributed by atoms with E-state index in [9.17, 15) is 0 Å². The maximum Gasteiger partial charge on any atom is 0.0757 e. The van der Waals surface area contributed by atoms with Gasteiger partial charge in [-0.1, -0.05) is 18.2 Å². The third-order valence-electron chi connectivity index (χ3n) is 3.80. The number of hydrogen-bond donors (Lipinski definition) is 1. The monoisotopic (exact) mass is 253 g/mol. The van der Waals surface area contributed by atoms with Crippen LogP contribution in [-0.2, 0) is 19.3 Å². The van der Waals surface area contributed by atoms with Crippen LogP contribution in [0.1, 0.15) is 40.5 Å². The van der Waals surface area contributed by atoms with Gasteiger partial charge in [-0.15, -0.1) is 0 Å². The number of nitrogens with two attached hydrogens (primary N) is 1. The Balaban J connectivity index is 1.75. The van der Waals surface area contributed by atoms with E-state index in [1.807, 2.05) is 6.92 Å². The van der Waals surface area contributed by atoms with E-state index < -0.39 is 0 Å². The summed E-state index contributed by atoms with van der Waals surface area (Å²) in [7, 11) is 0. The van der Waals surface area contributed by atoms with E-state index in [4.69, 9.17) is 5.73 Å². The number of rotatable bonds is 3. The summed E-state index contributed by atoms with van der Waals surface area (Å²) < 4.78 is 0. The first kappa shape index (κ1) is 12.3. The molecule has 1 aliphatic rings. The lowest BCUT2D eigenvalue weighted by molar-refractivity contribution is 0.689. The zero-order chi connectivity index (χ0) is 13.2. The molecule has 1 aromatic carbocycles. The minimum absolute atomic E-state index is 0.0763. The fraction of sp³-hybridized carbons (Fsp3) is 0.375. The molecule has 0 saturated heterocycles. The summed E-state index contributed by atoms with van der Waals surface area (Å²) in [6.07, 6.45) is 8.11. The molecule has 0 bridgehead atoms. The first-order valence-electron chi connectivity index (χ1n) is 6.87. The van der Waals surface area contributed by atoms with Crippen molar-refractivity contribution in [3.05, 3.63) is 58.7 Å². The summed E-state index contributed by atoms with van der Waals surface area (Å²) in [6, 6.07) is 6.69. The molecule has 2 aromatic rings. The van der Waals surface area contributed by atoms with Gasteiger partial charge in [-0.25, -0.2) is 0 Å². The molecule has 3 nitrogen and oxygen atoms in total. The lowest BCUT2D eigenvalue weighted by Crippen LogP contribution is -2.15. The van der Waals surface area contributed by atoms with Crippen LogP contribution in [0, 0.1) is 6.92 Å². The Kier molecular flexibility index (Phi) is 3.30. The third kappa shape index (κ3) is 2.66. The molecule has 0 fully saturated rings. The van der Waals surface area contributed by atoms with Crippen LogP contribution in [0.5, 0.6) is 0 Å². The van der Waals surface area contributed by atoms with Crippen molar-refractivity contribution in [2.75, 3.05) is 0 Å². The second kappa shape index (κ2) is 5.10. The molecule has 0 spiro atoms. The molecule has 0 amide bonds. The normalized spacial score (nSPS) is 15.3. The Bertz CT molecular complexity index is 575. The number of aryl methyl sites for hydroxylation is 3. The molecule has 2 N–H and O–H groups in total. The molecule has 1 aliphatic carbocycles. The topological polar surface area (TPSA) is 51.8 Å². The van der Waals surface area contributed by atoms with E-state index in [0.717, 1.165) is 17.8 Å². The van der Waals surface area contributed by atoms with Gasteiger partial charge in [0.2, 0.25) is 0 Å². The lowest BCUT2D eigenvalue weighted by Gasteiger charge is -2.12. The average molecular weight is 253 g/mol. The number of fused-ring (bicyclic) bond motifs is 1. The Morgan fingerprint density at radius 1 is 1.16 bits per heavy atom. The standard InChI is InChI=1S/C16H19N3/c1-11-9-19-16(10-18-11)15(17)8-12-5-6-13-3-2-4-14(13)7-12/h5-7,9-10,15H,2-4,8,17H2,1H3. The van der Waals surface area contributed by atoms with Crippen LogP contribution in [0.2, 0.25) is 0 Å². The summed E-state index contributed by atoms with van der Waals surface area (Å²) in [4.78, 5) is 8.62. The van der Waals surface area contributed by atoms with Crippen molar-refractivity contribution >= 4 is 0 Å². The van der Waals surface area contributed by atoms with E-state index in [1.165, 1.54) is 36.0 Å². The van der Waals surface area contributed by atoms with E-state index in [0.29, 0.717) is 0 Å². The molecule has 1 aromatic heterocycles. The van der Waals surface area contributed by atoms with Crippen LogP contribution < -0.4 is 5.73 Å². The van der Waals surface area contributed by atoms with Gasteiger partial charge in [0.1, 0.15) is 0 Å². The average Bonchev–Trinajstić information content (AvgIpc) is 2.87. The Hall–Kier alpha value is -1.74.